The zero-order valence-electron chi connectivity index (χ0n) is 16.9. The minimum atomic E-state index is -0.0467. The fourth-order valence-electron chi connectivity index (χ4n) is 3.13. The van der Waals surface area contributed by atoms with E-state index in [0.29, 0.717) is 5.92 Å². The summed E-state index contributed by atoms with van der Waals surface area (Å²) < 4.78 is 17.2. The van der Waals surface area contributed by atoms with Crippen molar-refractivity contribution in [2.45, 2.75) is 51.7 Å². The highest BCUT2D eigenvalue weighted by Gasteiger charge is 2.22. The molecule has 3 rings (SSSR count). The zero-order valence-corrected chi connectivity index (χ0v) is 16.9. The first-order valence-electron chi connectivity index (χ1n) is 10.4. The van der Waals surface area contributed by atoms with Crippen molar-refractivity contribution < 1.29 is 14.2 Å². The Morgan fingerprint density at radius 2 is 1.46 bits per heavy atom. The molecular formula is C25H30O3. The fourth-order valence-corrected chi connectivity index (χ4v) is 3.13. The van der Waals surface area contributed by atoms with E-state index in [1.165, 1.54) is 18.4 Å². The van der Waals surface area contributed by atoms with Gasteiger partial charge in [0.05, 0.1) is 19.8 Å². The van der Waals surface area contributed by atoms with Crippen LogP contribution in [0.25, 0.3) is 0 Å². The molecule has 1 fully saturated rings. The second-order valence-electron chi connectivity index (χ2n) is 7.15. The molecule has 0 aliphatic carbocycles. The minimum Gasteiger partial charge on any atom is -0.494 e. The standard InChI is InChI=1S/C25H30O3/c1-3-5-6-17-26-24-15-11-21(12-16-24)8-7-20-9-13-22(14-10-20)23-18-27-25(4-2)28-19-23/h9-16,23,25H,3-6,17-19H2,1-2H3. The normalized spacial score (nSPS) is 18.9. The molecule has 0 atom stereocenters. The Morgan fingerprint density at radius 3 is 2.04 bits per heavy atom. The van der Waals surface area contributed by atoms with Gasteiger partial charge in [0.2, 0.25) is 0 Å². The van der Waals surface area contributed by atoms with Crippen molar-refractivity contribution in [3.8, 4) is 17.6 Å². The molecule has 1 saturated heterocycles. The molecule has 2 aromatic rings. The molecule has 0 saturated carbocycles. The topological polar surface area (TPSA) is 27.7 Å². The van der Waals surface area contributed by atoms with Crippen LogP contribution in [0.15, 0.2) is 48.5 Å². The van der Waals surface area contributed by atoms with Crippen LogP contribution in [-0.2, 0) is 9.47 Å². The van der Waals surface area contributed by atoms with Gasteiger partial charge in [0.15, 0.2) is 6.29 Å². The van der Waals surface area contributed by atoms with E-state index in [4.69, 9.17) is 14.2 Å². The van der Waals surface area contributed by atoms with Crippen LogP contribution in [-0.4, -0.2) is 26.1 Å². The number of hydrogen-bond donors (Lipinski definition) is 0. The van der Waals surface area contributed by atoms with Gasteiger partial charge in [0, 0.05) is 17.0 Å². The molecule has 0 amide bonds. The third-order valence-corrected chi connectivity index (χ3v) is 4.90. The summed E-state index contributed by atoms with van der Waals surface area (Å²) in [6.45, 7) is 6.49. The Balaban J connectivity index is 1.52. The molecular weight excluding hydrogens is 348 g/mol. The first kappa shape index (κ1) is 20.5. The van der Waals surface area contributed by atoms with Crippen LogP contribution in [0.1, 0.15) is 62.1 Å². The Hall–Kier alpha value is -2.28. The molecule has 1 aliphatic heterocycles. The Kier molecular flexibility index (Phi) is 7.96. The fraction of sp³-hybridized carbons (Fsp3) is 0.440. The van der Waals surface area contributed by atoms with Gasteiger partial charge in [-0.2, -0.15) is 0 Å². The number of hydrogen-bond acceptors (Lipinski definition) is 3. The van der Waals surface area contributed by atoms with Crippen molar-refractivity contribution in [1.29, 1.82) is 0 Å². The maximum atomic E-state index is 5.74. The molecule has 28 heavy (non-hydrogen) atoms. The maximum absolute atomic E-state index is 5.74. The Labute approximate surface area is 169 Å². The van der Waals surface area contributed by atoms with E-state index in [1.807, 2.05) is 24.3 Å². The molecule has 3 nitrogen and oxygen atoms in total. The van der Waals surface area contributed by atoms with Gasteiger partial charge >= 0.3 is 0 Å². The molecule has 0 spiro atoms. The van der Waals surface area contributed by atoms with Gasteiger partial charge in [0.25, 0.3) is 0 Å². The summed E-state index contributed by atoms with van der Waals surface area (Å²) in [6.07, 6.45) is 4.37. The first-order valence-corrected chi connectivity index (χ1v) is 10.4. The highest BCUT2D eigenvalue weighted by molar-refractivity contribution is 5.45. The average molecular weight is 379 g/mol. The molecule has 0 unspecified atom stereocenters. The van der Waals surface area contributed by atoms with Crippen molar-refractivity contribution in [2.75, 3.05) is 19.8 Å². The molecule has 1 heterocycles. The second kappa shape index (κ2) is 10.9. The third-order valence-electron chi connectivity index (χ3n) is 4.90. The lowest BCUT2D eigenvalue weighted by molar-refractivity contribution is -0.187. The summed E-state index contributed by atoms with van der Waals surface area (Å²) in [7, 11) is 0. The van der Waals surface area contributed by atoms with Crippen molar-refractivity contribution in [3.63, 3.8) is 0 Å². The molecule has 0 bridgehead atoms. The number of ether oxygens (including phenoxy) is 3. The van der Waals surface area contributed by atoms with Crippen LogP contribution in [0, 0.1) is 11.8 Å². The molecule has 0 radical (unpaired) electrons. The third kappa shape index (κ3) is 6.12. The maximum Gasteiger partial charge on any atom is 0.157 e. The summed E-state index contributed by atoms with van der Waals surface area (Å²) in [6, 6.07) is 16.4. The average Bonchev–Trinajstić information content (AvgIpc) is 2.76. The van der Waals surface area contributed by atoms with Crippen molar-refractivity contribution in [2.24, 2.45) is 0 Å². The molecule has 3 heteroatoms. The smallest absolute Gasteiger partial charge is 0.157 e. The van der Waals surface area contributed by atoms with Gasteiger partial charge in [-0.15, -0.1) is 0 Å². The minimum absolute atomic E-state index is 0.0467. The highest BCUT2D eigenvalue weighted by Crippen LogP contribution is 2.23. The van der Waals surface area contributed by atoms with Crippen LogP contribution in [0.5, 0.6) is 5.75 Å². The molecule has 1 aliphatic rings. The van der Waals surface area contributed by atoms with Crippen LogP contribution in [0.4, 0.5) is 0 Å². The van der Waals surface area contributed by atoms with Crippen LogP contribution >= 0.6 is 0 Å². The summed E-state index contributed by atoms with van der Waals surface area (Å²) >= 11 is 0. The lowest BCUT2D eigenvalue weighted by atomic mass is 9.99. The van der Waals surface area contributed by atoms with E-state index in [9.17, 15) is 0 Å². The Bertz CT molecular complexity index is 760. The van der Waals surface area contributed by atoms with E-state index in [1.54, 1.807) is 0 Å². The summed E-state index contributed by atoms with van der Waals surface area (Å²) in [5.74, 6) is 7.67. The predicted molar refractivity (Wildman–Crippen MR) is 113 cm³/mol. The molecule has 148 valence electrons. The predicted octanol–water partition coefficient (Wildman–Crippen LogP) is 5.52. The number of rotatable bonds is 7. The van der Waals surface area contributed by atoms with Gasteiger partial charge in [0.1, 0.15) is 5.75 Å². The van der Waals surface area contributed by atoms with Crippen molar-refractivity contribution in [3.05, 3.63) is 65.2 Å². The SMILES string of the molecule is CCCCCOc1ccc(C#Cc2ccc(C3COC(CC)OC3)cc2)cc1. The van der Waals surface area contributed by atoms with E-state index >= 15 is 0 Å². The Morgan fingerprint density at radius 1 is 0.857 bits per heavy atom. The van der Waals surface area contributed by atoms with E-state index in [2.05, 4.69) is 50.0 Å². The first-order chi connectivity index (χ1) is 13.8. The van der Waals surface area contributed by atoms with Gasteiger partial charge in [-0.05, 0) is 54.8 Å². The quantitative estimate of drug-likeness (QED) is 0.469. The van der Waals surface area contributed by atoms with Gasteiger partial charge in [-0.3, -0.25) is 0 Å². The van der Waals surface area contributed by atoms with Gasteiger partial charge < -0.3 is 14.2 Å². The van der Waals surface area contributed by atoms with Gasteiger partial charge in [-0.25, -0.2) is 0 Å². The van der Waals surface area contributed by atoms with Gasteiger partial charge in [-0.1, -0.05) is 50.7 Å². The van der Waals surface area contributed by atoms with E-state index < -0.39 is 0 Å². The molecule has 2 aromatic carbocycles. The van der Waals surface area contributed by atoms with E-state index in [-0.39, 0.29) is 6.29 Å². The molecule has 0 N–H and O–H groups in total. The lowest BCUT2D eigenvalue weighted by Crippen LogP contribution is -2.30. The summed E-state index contributed by atoms with van der Waals surface area (Å²) in [4.78, 5) is 0. The summed E-state index contributed by atoms with van der Waals surface area (Å²) in [5, 5.41) is 0. The largest absolute Gasteiger partial charge is 0.494 e. The van der Waals surface area contributed by atoms with Crippen molar-refractivity contribution >= 4 is 0 Å². The zero-order chi connectivity index (χ0) is 19.6. The highest BCUT2D eigenvalue weighted by atomic mass is 16.7. The second-order valence-corrected chi connectivity index (χ2v) is 7.15. The van der Waals surface area contributed by atoms with Crippen molar-refractivity contribution in [1.82, 2.24) is 0 Å². The number of unbranched alkanes of at least 4 members (excludes halogenated alkanes) is 2. The monoisotopic (exact) mass is 378 g/mol. The lowest BCUT2D eigenvalue weighted by Gasteiger charge is -2.29. The van der Waals surface area contributed by atoms with Crippen LogP contribution in [0.3, 0.4) is 0 Å². The van der Waals surface area contributed by atoms with Crippen LogP contribution < -0.4 is 4.74 Å². The number of benzene rings is 2. The molecule has 0 aromatic heterocycles. The summed E-state index contributed by atoms with van der Waals surface area (Å²) in [5.41, 5.74) is 3.24. The van der Waals surface area contributed by atoms with Crippen LogP contribution in [0.2, 0.25) is 0 Å². The van der Waals surface area contributed by atoms with E-state index in [0.717, 1.165) is 49.5 Å².